The molecule has 0 fully saturated rings. The Balaban J connectivity index is 1.12. The van der Waals surface area contributed by atoms with Crippen molar-refractivity contribution in [3.8, 4) is 45.3 Å². The largest absolute Gasteiger partial charge is 0.456 e. The molecule has 13 rings (SSSR count). The molecule has 0 spiro atoms. The van der Waals surface area contributed by atoms with Crippen molar-refractivity contribution >= 4 is 79.2 Å². The zero-order valence-corrected chi connectivity index (χ0v) is 40.0. The van der Waals surface area contributed by atoms with Gasteiger partial charge in [-0.05, 0) is 135 Å². The summed E-state index contributed by atoms with van der Waals surface area (Å²) in [5.41, 5.74) is 19.5. The van der Waals surface area contributed by atoms with Crippen LogP contribution < -0.4 is 35.7 Å². The van der Waals surface area contributed by atoms with E-state index in [0.717, 1.165) is 107 Å². The van der Waals surface area contributed by atoms with Crippen LogP contribution in [-0.2, 0) is 10.8 Å². The van der Waals surface area contributed by atoms with Crippen molar-refractivity contribution in [2.75, 3.05) is 16.6 Å². The van der Waals surface area contributed by atoms with Gasteiger partial charge in [-0.25, -0.2) is 0 Å². The lowest BCUT2D eigenvalue weighted by molar-refractivity contribution is 0.174. The van der Waals surface area contributed by atoms with E-state index in [1.807, 2.05) is 24.3 Å². The molecule has 3 aliphatic heterocycles. The fourth-order valence-electron chi connectivity index (χ4n) is 10.9. The van der Waals surface area contributed by atoms with E-state index in [1.165, 1.54) is 27.5 Å². The second kappa shape index (κ2) is 15.1. The molecule has 336 valence electrons. The molecule has 0 atom stereocenters. The first-order valence-electron chi connectivity index (χ1n) is 24.0. The summed E-state index contributed by atoms with van der Waals surface area (Å²) in [6.45, 7) is 16.0. The third kappa shape index (κ3) is 6.62. The fourth-order valence-corrected chi connectivity index (χ4v) is 10.9. The number of aryl methyl sites for hydroxylation is 1. The molecule has 0 saturated carbocycles. The fraction of sp³-hybridized carbons (Fsp3) is 0.161. The van der Waals surface area contributed by atoms with Crippen LogP contribution in [0.1, 0.15) is 58.2 Å². The summed E-state index contributed by atoms with van der Waals surface area (Å²) in [5.74, 6) is 3.11. The Bertz CT molecular complexity index is 3560. The molecule has 6 nitrogen and oxygen atoms in total. The quantitative estimate of drug-likeness (QED) is 0.160. The van der Waals surface area contributed by atoms with E-state index in [4.69, 9.17) is 18.3 Å². The number of para-hydroxylation sites is 2. The summed E-state index contributed by atoms with van der Waals surface area (Å²) in [6.07, 6.45) is 0. The molecule has 0 amide bonds. The normalized spacial score (nSPS) is 13.8. The van der Waals surface area contributed by atoms with E-state index in [0.29, 0.717) is 0 Å². The van der Waals surface area contributed by atoms with E-state index in [1.54, 1.807) is 0 Å². The van der Waals surface area contributed by atoms with Gasteiger partial charge in [0.25, 0.3) is 6.71 Å². The van der Waals surface area contributed by atoms with Gasteiger partial charge in [-0.3, -0.25) is 0 Å². The number of hydrogen-bond acceptors (Lipinski definition) is 6. The maximum Gasteiger partial charge on any atom is 0.252 e. The van der Waals surface area contributed by atoms with E-state index in [-0.39, 0.29) is 24.3 Å². The minimum absolute atomic E-state index is 0.0687. The Morgan fingerprint density at radius 2 is 1.07 bits per heavy atom. The van der Waals surface area contributed by atoms with Crippen LogP contribution in [0.5, 0.6) is 11.5 Å². The van der Waals surface area contributed by atoms with Crippen molar-refractivity contribution in [3.05, 3.63) is 187 Å². The van der Waals surface area contributed by atoms with Gasteiger partial charge in [0.15, 0.2) is 11.5 Å². The van der Waals surface area contributed by atoms with Crippen molar-refractivity contribution < 1.29 is 18.3 Å². The van der Waals surface area contributed by atoms with Crippen LogP contribution in [0, 0.1) is 6.92 Å². The Labute approximate surface area is 403 Å². The van der Waals surface area contributed by atoms with Crippen molar-refractivity contribution in [3.63, 3.8) is 0 Å². The van der Waals surface area contributed by atoms with Gasteiger partial charge in [-0.2, -0.15) is 0 Å². The van der Waals surface area contributed by atoms with Gasteiger partial charge in [0, 0.05) is 50.2 Å². The molecule has 3 aliphatic rings. The number of benzene rings is 8. The lowest BCUT2D eigenvalue weighted by atomic mass is 9.33. The van der Waals surface area contributed by atoms with Gasteiger partial charge in [0.2, 0.25) is 6.79 Å². The standard InChI is InChI=1S/C62H51BN2O4/c1-37-27-51-58-52(28-37)65(49-24-21-43(61(2,3)4)34-46(49)38-15-9-8-10-16-38)59-47(23-26-55-60(59)67-36-66-55)63(58)48-35-44(62(5,6)7)22-25-50(48)64(51)45-30-41(56-32-39-17-11-13-19-53(39)68-56)29-42(31-45)57-33-40-18-12-14-20-54(40)69-57/h8-35H,36H2,1-7H3. The van der Waals surface area contributed by atoms with Crippen LogP contribution in [0.15, 0.2) is 179 Å². The summed E-state index contributed by atoms with van der Waals surface area (Å²) in [7, 11) is 0. The van der Waals surface area contributed by atoms with Crippen LogP contribution in [-0.4, -0.2) is 13.5 Å². The second-order valence-electron chi connectivity index (χ2n) is 21.0. The average molecular weight is 899 g/mol. The number of rotatable bonds is 5. The van der Waals surface area contributed by atoms with Crippen molar-refractivity contribution in [2.24, 2.45) is 0 Å². The first-order valence-corrected chi connectivity index (χ1v) is 24.0. The highest BCUT2D eigenvalue weighted by atomic mass is 16.7. The monoisotopic (exact) mass is 898 g/mol. The molecule has 0 unspecified atom stereocenters. The Morgan fingerprint density at radius 3 is 1.71 bits per heavy atom. The van der Waals surface area contributed by atoms with E-state index < -0.39 is 0 Å². The minimum Gasteiger partial charge on any atom is -0.456 e. The maximum absolute atomic E-state index is 6.66. The average Bonchev–Trinajstić information content (AvgIpc) is 4.12. The van der Waals surface area contributed by atoms with E-state index in [9.17, 15) is 0 Å². The highest BCUT2D eigenvalue weighted by Crippen LogP contribution is 2.53. The van der Waals surface area contributed by atoms with Gasteiger partial charge in [0.1, 0.15) is 22.7 Å². The molecule has 0 radical (unpaired) electrons. The Kier molecular flexibility index (Phi) is 9.01. The highest BCUT2D eigenvalue weighted by Gasteiger charge is 2.46. The van der Waals surface area contributed by atoms with Gasteiger partial charge in [0.05, 0.1) is 11.4 Å². The maximum atomic E-state index is 6.66. The molecule has 5 heterocycles. The summed E-state index contributed by atoms with van der Waals surface area (Å²) >= 11 is 0. The SMILES string of the molecule is Cc1cc2c3c(c1)N(c1ccc(C(C)(C)C)cc1-c1ccccc1)c1c(ccc4c1OCO4)B3c1cc(C(C)(C)C)ccc1N2c1cc(-c2cc3ccccc3o2)cc(-c2cc3ccccc3o2)c1. The minimum atomic E-state index is -0.132. The van der Waals surface area contributed by atoms with Crippen molar-refractivity contribution in [1.29, 1.82) is 0 Å². The summed E-state index contributed by atoms with van der Waals surface area (Å²) in [4.78, 5) is 4.96. The molecule has 8 aromatic carbocycles. The Hall–Kier alpha value is -7.90. The van der Waals surface area contributed by atoms with Crippen LogP contribution in [0.4, 0.5) is 34.1 Å². The zero-order chi connectivity index (χ0) is 46.9. The molecule has 2 aromatic heterocycles. The Morgan fingerprint density at radius 1 is 0.478 bits per heavy atom. The molecule has 7 heteroatoms. The molecule has 10 aromatic rings. The van der Waals surface area contributed by atoms with Crippen molar-refractivity contribution in [2.45, 2.75) is 59.3 Å². The number of hydrogen-bond donors (Lipinski definition) is 0. The van der Waals surface area contributed by atoms with Crippen LogP contribution >= 0.6 is 0 Å². The third-order valence-electron chi connectivity index (χ3n) is 14.4. The summed E-state index contributed by atoms with van der Waals surface area (Å²) in [5, 5.41) is 2.11. The number of ether oxygens (including phenoxy) is 2. The smallest absolute Gasteiger partial charge is 0.252 e. The van der Waals surface area contributed by atoms with Gasteiger partial charge in [-0.1, -0.05) is 133 Å². The second-order valence-corrected chi connectivity index (χ2v) is 21.0. The zero-order valence-electron chi connectivity index (χ0n) is 40.0. The molecular formula is C62H51BN2O4. The number of fused-ring (bicyclic) bond motifs is 8. The predicted molar refractivity (Wildman–Crippen MR) is 285 cm³/mol. The molecule has 69 heavy (non-hydrogen) atoms. The van der Waals surface area contributed by atoms with E-state index >= 15 is 0 Å². The van der Waals surface area contributed by atoms with E-state index in [2.05, 4.69) is 204 Å². The number of anilines is 6. The molecule has 0 N–H and O–H groups in total. The number of furan rings is 2. The van der Waals surface area contributed by atoms with Gasteiger partial charge >= 0.3 is 0 Å². The molecule has 0 saturated heterocycles. The highest BCUT2D eigenvalue weighted by molar-refractivity contribution is 7.00. The van der Waals surface area contributed by atoms with Gasteiger partial charge < -0.3 is 28.1 Å². The predicted octanol–water partition coefficient (Wildman–Crippen LogP) is 14.9. The van der Waals surface area contributed by atoms with Crippen molar-refractivity contribution in [1.82, 2.24) is 0 Å². The lowest BCUT2D eigenvalue weighted by Gasteiger charge is -2.45. The first kappa shape index (κ1) is 41.3. The van der Waals surface area contributed by atoms with Gasteiger partial charge in [-0.15, -0.1) is 0 Å². The summed E-state index contributed by atoms with van der Waals surface area (Å²) < 4.78 is 26.1. The number of nitrogens with zero attached hydrogens (tertiary/aromatic N) is 2. The topological polar surface area (TPSA) is 51.2 Å². The summed E-state index contributed by atoms with van der Waals surface area (Å²) in [6, 6.07) is 61.6. The van der Waals surface area contributed by atoms with Crippen LogP contribution in [0.2, 0.25) is 0 Å². The van der Waals surface area contributed by atoms with Crippen LogP contribution in [0.25, 0.3) is 55.7 Å². The lowest BCUT2D eigenvalue weighted by Crippen LogP contribution is -2.61. The molecule has 0 bridgehead atoms. The molecular weight excluding hydrogens is 848 g/mol. The third-order valence-corrected chi connectivity index (χ3v) is 14.4. The first-order chi connectivity index (χ1) is 33.4. The molecule has 0 aliphatic carbocycles. The van der Waals surface area contributed by atoms with Crippen LogP contribution in [0.3, 0.4) is 0 Å².